The second-order valence-corrected chi connectivity index (χ2v) is 5.31. The fourth-order valence-electron chi connectivity index (χ4n) is 2.13. The van der Waals surface area contributed by atoms with Crippen molar-refractivity contribution >= 4 is 0 Å². The minimum absolute atomic E-state index is 0.0692. The Bertz CT molecular complexity index is 364. The number of nitrogens with one attached hydrogen (secondary N) is 1. The maximum absolute atomic E-state index is 10.5. The maximum Gasteiger partial charge on any atom is 0.119 e. The molecule has 1 aromatic rings. The molecule has 2 atom stereocenters. The van der Waals surface area contributed by atoms with Crippen LogP contribution in [0, 0.1) is 5.92 Å². The third kappa shape index (κ3) is 5.12. The van der Waals surface area contributed by atoms with Crippen molar-refractivity contribution in [3.8, 4) is 5.75 Å². The fraction of sp³-hybridized carbons (Fsp3) is 0.625. The second-order valence-electron chi connectivity index (χ2n) is 5.31. The molecule has 2 unspecified atom stereocenters. The molecule has 0 bridgehead atoms. The summed E-state index contributed by atoms with van der Waals surface area (Å²) in [5.41, 5.74) is 0.859. The maximum atomic E-state index is 10.5. The highest BCUT2D eigenvalue weighted by atomic mass is 16.5. The van der Waals surface area contributed by atoms with Gasteiger partial charge in [-0.05, 0) is 30.0 Å². The molecule has 0 spiro atoms. The van der Waals surface area contributed by atoms with Crippen LogP contribution in [0.3, 0.4) is 0 Å². The molecule has 0 aliphatic rings. The third-order valence-electron chi connectivity index (χ3n) is 3.24. The Morgan fingerprint density at radius 2 is 1.85 bits per heavy atom. The van der Waals surface area contributed by atoms with E-state index in [-0.39, 0.29) is 18.6 Å². The van der Waals surface area contributed by atoms with Crippen LogP contribution < -0.4 is 10.1 Å². The van der Waals surface area contributed by atoms with Gasteiger partial charge in [0.25, 0.3) is 0 Å². The van der Waals surface area contributed by atoms with E-state index in [0.29, 0.717) is 13.2 Å². The summed E-state index contributed by atoms with van der Waals surface area (Å²) < 4.78 is 5.53. The first-order valence-corrected chi connectivity index (χ1v) is 7.35. The molecule has 20 heavy (non-hydrogen) atoms. The summed E-state index contributed by atoms with van der Waals surface area (Å²) in [4.78, 5) is 0. The zero-order valence-corrected chi connectivity index (χ0v) is 12.7. The number of hydrogen-bond acceptors (Lipinski definition) is 4. The van der Waals surface area contributed by atoms with Gasteiger partial charge in [0, 0.05) is 12.6 Å². The Balaban J connectivity index is 2.70. The summed E-state index contributed by atoms with van der Waals surface area (Å²) >= 11 is 0. The van der Waals surface area contributed by atoms with Gasteiger partial charge in [0.05, 0.1) is 19.3 Å². The van der Waals surface area contributed by atoms with Crippen LogP contribution in [-0.2, 0) is 0 Å². The van der Waals surface area contributed by atoms with Gasteiger partial charge in [-0.25, -0.2) is 0 Å². The van der Waals surface area contributed by atoms with Crippen LogP contribution in [0.4, 0.5) is 0 Å². The number of aliphatic hydroxyl groups excluding tert-OH is 2. The van der Waals surface area contributed by atoms with Gasteiger partial charge < -0.3 is 20.3 Å². The van der Waals surface area contributed by atoms with Crippen molar-refractivity contribution in [2.24, 2.45) is 5.92 Å². The van der Waals surface area contributed by atoms with E-state index in [1.807, 2.05) is 24.3 Å². The molecule has 0 saturated carbocycles. The molecule has 0 saturated heterocycles. The molecule has 3 N–H and O–H groups in total. The summed E-state index contributed by atoms with van der Waals surface area (Å²) in [5, 5.41) is 22.6. The lowest BCUT2D eigenvalue weighted by Gasteiger charge is -2.27. The van der Waals surface area contributed by atoms with E-state index in [0.717, 1.165) is 17.7 Å². The minimum atomic E-state index is -0.596. The number of ether oxygens (including phenoxy) is 1. The molecule has 0 amide bonds. The van der Waals surface area contributed by atoms with Crippen LogP contribution in [0.2, 0.25) is 0 Å². The average molecular weight is 281 g/mol. The molecule has 1 aromatic carbocycles. The van der Waals surface area contributed by atoms with Gasteiger partial charge in [0.15, 0.2) is 0 Å². The summed E-state index contributed by atoms with van der Waals surface area (Å²) in [5.74, 6) is 1.10. The lowest BCUT2D eigenvalue weighted by Crippen LogP contribution is -2.40. The highest BCUT2D eigenvalue weighted by molar-refractivity contribution is 5.29. The summed E-state index contributed by atoms with van der Waals surface area (Å²) in [6.07, 6.45) is 0.381. The van der Waals surface area contributed by atoms with Crippen molar-refractivity contribution in [3.63, 3.8) is 0 Å². The van der Waals surface area contributed by atoms with E-state index >= 15 is 0 Å². The highest BCUT2D eigenvalue weighted by Gasteiger charge is 2.23. The van der Waals surface area contributed by atoms with E-state index in [2.05, 4.69) is 26.1 Å². The van der Waals surface area contributed by atoms with Gasteiger partial charge in [-0.1, -0.05) is 32.9 Å². The van der Waals surface area contributed by atoms with Crippen LogP contribution in [0.15, 0.2) is 24.3 Å². The van der Waals surface area contributed by atoms with Crippen LogP contribution in [0.25, 0.3) is 0 Å². The van der Waals surface area contributed by atoms with Gasteiger partial charge in [-0.2, -0.15) is 0 Å². The molecule has 0 aromatic heterocycles. The molecule has 0 fully saturated rings. The topological polar surface area (TPSA) is 61.7 Å². The summed E-state index contributed by atoms with van der Waals surface area (Å²) in [6, 6.07) is 7.48. The Morgan fingerprint density at radius 1 is 1.20 bits per heavy atom. The molecule has 0 radical (unpaired) electrons. The van der Waals surface area contributed by atoms with Crippen LogP contribution >= 0.6 is 0 Å². The standard InChI is InChI=1S/C16H27NO3/c1-4-11-20-14-7-5-13(6-8-14)16(19)15(12(2)3)17-9-10-18/h5-8,12,15-19H,4,9-11H2,1-3H3. The van der Waals surface area contributed by atoms with Gasteiger partial charge in [0.1, 0.15) is 5.75 Å². The summed E-state index contributed by atoms with van der Waals surface area (Å²) in [6.45, 7) is 7.43. The van der Waals surface area contributed by atoms with E-state index in [1.165, 1.54) is 0 Å². The smallest absolute Gasteiger partial charge is 0.119 e. The van der Waals surface area contributed by atoms with Gasteiger partial charge >= 0.3 is 0 Å². The number of aliphatic hydroxyl groups is 2. The number of hydrogen-bond donors (Lipinski definition) is 3. The average Bonchev–Trinajstić information content (AvgIpc) is 2.45. The Hall–Kier alpha value is -1.10. The van der Waals surface area contributed by atoms with Crippen molar-refractivity contribution in [1.29, 1.82) is 0 Å². The van der Waals surface area contributed by atoms with E-state index in [9.17, 15) is 5.11 Å². The minimum Gasteiger partial charge on any atom is -0.494 e. The van der Waals surface area contributed by atoms with Crippen molar-refractivity contribution in [2.45, 2.75) is 39.3 Å². The quantitative estimate of drug-likeness (QED) is 0.649. The monoisotopic (exact) mass is 281 g/mol. The predicted molar refractivity (Wildman–Crippen MR) is 80.9 cm³/mol. The third-order valence-corrected chi connectivity index (χ3v) is 3.24. The first-order valence-electron chi connectivity index (χ1n) is 7.35. The lowest BCUT2D eigenvalue weighted by atomic mass is 9.93. The Labute approximate surface area is 121 Å². The highest BCUT2D eigenvalue weighted by Crippen LogP contribution is 2.24. The summed E-state index contributed by atoms with van der Waals surface area (Å²) in [7, 11) is 0. The molecular weight excluding hydrogens is 254 g/mol. The number of benzene rings is 1. The van der Waals surface area contributed by atoms with Crippen molar-refractivity contribution < 1.29 is 14.9 Å². The lowest BCUT2D eigenvalue weighted by molar-refractivity contribution is 0.101. The molecule has 0 aliphatic carbocycles. The molecule has 1 rings (SSSR count). The van der Waals surface area contributed by atoms with Gasteiger partial charge in [0.2, 0.25) is 0 Å². The van der Waals surface area contributed by atoms with Crippen molar-refractivity contribution in [1.82, 2.24) is 5.32 Å². The van der Waals surface area contributed by atoms with E-state index < -0.39 is 6.10 Å². The van der Waals surface area contributed by atoms with Gasteiger partial charge in [-0.3, -0.25) is 0 Å². The van der Waals surface area contributed by atoms with E-state index in [1.54, 1.807) is 0 Å². The van der Waals surface area contributed by atoms with Crippen molar-refractivity contribution in [2.75, 3.05) is 19.8 Å². The molecule has 0 aliphatic heterocycles. The first kappa shape index (κ1) is 17.0. The second kappa shape index (κ2) is 8.95. The first-order chi connectivity index (χ1) is 9.60. The largest absolute Gasteiger partial charge is 0.494 e. The normalized spacial score (nSPS) is 14.3. The SMILES string of the molecule is CCCOc1ccc(C(O)C(NCCO)C(C)C)cc1. The zero-order chi connectivity index (χ0) is 15.0. The molecular formula is C16H27NO3. The molecule has 4 heteroatoms. The van der Waals surface area contributed by atoms with Crippen LogP contribution in [-0.4, -0.2) is 36.0 Å². The Kier molecular flexibility index (Phi) is 7.59. The molecule has 114 valence electrons. The molecule has 4 nitrogen and oxygen atoms in total. The zero-order valence-electron chi connectivity index (χ0n) is 12.7. The Morgan fingerprint density at radius 3 is 2.35 bits per heavy atom. The van der Waals surface area contributed by atoms with E-state index in [4.69, 9.17) is 9.84 Å². The van der Waals surface area contributed by atoms with Crippen molar-refractivity contribution in [3.05, 3.63) is 29.8 Å². The predicted octanol–water partition coefficient (Wildman–Crippen LogP) is 2.12. The fourth-order valence-corrected chi connectivity index (χ4v) is 2.13. The van der Waals surface area contributed by atoms with Crippen LogP contribution in [0.5, 0.6) is 5.75 Å². The van der Waals surface area contributed by atoms with Gasteiger partial charge in [-0.15, -0.1) is 0 Å². The number of rotatable bonds is 9. The molecule has 0 heterocycles. The van der Waals surface area contributed by atoms with Crippen LogP contribution in [0.1, 0.15) is 38.9 Å².